The maximum Gasteiger partial charge on any atom is 0.324 e. The number of rotatable bonds is 5. The molecule has 0 spiro atoms. The Morgan fingerprint density at radius 1 is 0.966 bits per heavy atom. The van der Waals surface area contributed by atoms with Crippen LogP contribution in [0.25, 0.3) is 0 Å². The predicted molar refractivity (Wildman–Crippen MR) is 113 cm³/mol. The molecule has 1 aliphatic heterocycles. The largest absolute Gasteiger partial charge is 0.755 e. The van der Waals surface area contributed by atoms with Gasteiger partial charge in [-0.25, -0.2) is 4.79 Å². The third-order valence-corrected chi connectivity index (χ3v) is 5.96. The summed E-state index contributed by atoms with van der Waals surface area (Å²) in [7, 11) is 3.20. The number of benzene rings is 2. The lowest BCUT2D eigenvalue weighted by Crippen LogP contribution is -2.46. The number of hydrogen-bond acceptors (Lipinski definition) is 4. The second kappa shape index (κ2) is 9.19. The maximum absolute atomic E-state index is 12.8. The lowest BCUT2D eigenvalue weighted by atomic mass is 9.89. The van der Waals surface area contributed by atoms with Crippen molar-refractivity contribution in [3.63, 3.8) is 0 Å². The Morgan fingerprint density at radius 3 is 2.10 bits per heavy atom. The van der Waals surface area contributed by atoms with Crippen LogP contribution in [0.3, 0.4) is 0 Å². The van der Waals surface area contributed by atoms with Gasteiger partial charge in [-0.2, -0.15) is 0 Å². The Hall–Kier alpha value is -2.71. The van der Waals surface area contributed by atoms with E-state index in [-0.39, 0.29) is 17.7 Å². The highest BCUT2D eigenvalue weighted by Crippen LogP contribution is 2.25. The predicted octanol–water partition coefficient (Wildman–Crippen LogP) is 3.07. The Balaban J connectivity index is 1.58. The molecule has 1 unspecified atom stereocenters. The maximum atomic E-state index is 12.8. The minimum atomic E-state index is -2.35. The van der Waals surface area contributed by atoms with E-state index < -0.39 is 11.3 Å². The molecule has 7 nitrogen and oxygen atoms in total. The molecule has 3 rings (SSSR count). The summed E-state index contributed by atoms with van der Waals surface area (Å²) in [6, 6.07) is 15.9. The van der Waals surface area contributed by atoms with Crippen molar-refractivity contribution in [3.05, 3.63) is 60.2 Å². The number of urea groups is 1. The smallest absolute Gasteiger partial charge is 0.324 e. The molecule has 1 heterocycles. The topological polar surface area (TPSA) is 84.0 Å². The molecule has 0 aliphatic carbocycles. The third kappa shape index (κ3) is 4.83. The Bertz CT molecular complexity index is 881. The van der Waals surface area contributed by atoms with Crippen LogP contribution in [0.4, 0.5) is 16.2 Å². The molecule has 2 aromatic carbocycles. The van der Waals surface area contributed by atoms with E-state index in [0.717, 1.165) is 9.99 Å². The molecule has 0 aromatic heterocycles. The first-order valence-electron chi connectivity index (χ1n) is 9.43. The third-order valence-electron chi connectivity index (χ3n) is 5.31. The van der Waals surface area contributed by atoms with E-state index in [1.807, 2.05) is 30.3 Å². The van der Waals surface area contributed by atoms with Crippen molar-refractivity contribution < 1.29 is 18.4 Å². The van der Waals surface area contributed by atoms with E-state index in [2.05, 4.69) is 0 Å². The fraction of sp³-hybridized carbons (Fsp3) is 0.333. The first kappa shape index (κ1) is 21.0. The van der Waals surface area contributed by atoms with Gasteiger partial charge >= 0.3 is 6.03 Å². The standard InChI is InChI=1S/C21H25N3O4S/c1-22(18-6-4-3-5-7-18)21(26)24-14-12-17(13-15-24)20(25)16-8-10-19(11-9-16)23(2)29(27)28/h3-11,17H,12-15H2,1-2H3,(H,27,28)/p-1. The van der Waals surface area contributed by atoms with E-state index in [0.29, 0.717) is 37.2 Å². The summed E-state index contributed by atoms with van der Waals surface area (Å²) in [5.41, 5.74) is 1.89. The first-order valence-corrected chi connectivity index (χ1v) is 10.5. The Morgan fingerprint density at radius 2 is 1.55 bits per heavy atom. The molecule has 1 fully saturated rings. The summed E-state index contributed by atoms with van der Waals surface area (Å²) >= 11 is -2.35. The molecular weight excluding hydrogens is 390 g/mol. The van der Waals surface area contributed by atoms with Gasteiger partial charge in [-0.05, 0) is 49.2 Å². The number of carbonyl (C=O) groups excluding carboxylic acids is 2. The van der Waals surface area contributed by atoms with E-state index >= 15 is 0 Å². The number of Topliss-reactive ketones (excluding diaryl/α,β-unsaturated/α-hetero) is 1. The van der Waals surface area contributed by atoms with Gasteiger partial charge in [-0.1, -0.05) is 18.2 Å². The molecule has 0 bridgehead atoms. The van der Waals surface area contributed by atoms with Gasteiger partial charge < -0.3 is 13.8 Å². The molecule has 0 N–H and O–H groups in total. The number of para-hydroxylation sites is 1. The molecule has 0 radical (unpaired) electrons. The van der Waals surface area contributed by atoms with Crippen LogP contribution in [0.2, 0.25) is 0 Å². The van der Waals surface area contributed by atoms with Gasteiger partial charge in [0.05, 0.1) is 0 Å². The molecular formula is C21H24N3O4S-. The highest BCUT2D eigenvalue weighted by atomic mass is 32.2. The van der Waals surface area contributed by atoms with Crippen molar-refractivity contribution in [1.82, 2.24) is 4.90 Å². The second-order valence-electron chi connectivity index (χ2n) is 7.06. The van der Waals surface area contributed by atoms with Gasteiger partial charge in [0, 0.05) is 61.3 Å². The Labute approximate surface area is 173 Å². The number of amides is 2. The average Bonchev–Trinajstić information content (AvgIpc) is 2.77. The zero-order valence-electron chi connectivity index (χ0n) is 16.5. The number of carbonyl (C=O) groups is 2. The van der Waals surface area contributed by atoms with Crippen LogP contribution in [0.15, 0.2) is 54.6 Å². The van der Waals surface area contributed by atoms with Crippen molar-refractivity contribution in [2.75, 3.05) is 36.4 Å². The van der Waals surface area contributed by atoms with E-state index in [1.54, 1.807) is 41.1 Å². The minimum absolute atomic E-state index is 0.0333. The van der Waals surface area contributed by atoms with Crippen molar-refractivity contribution in [2.24, 2.45) is 5.92 Å². The van der Waals surface area contributed by atoms with Gasteiger partial charge in [0.1, 0.15) is 0 Å². The minimum Gasteiger partial charge on any atom is -0.755 e. The lowest BCUT2D eigenvalue weighted by molar-refractivity contribution is 0.0857. The molecule has 1 saturated heterocycles. The second-order valence-corrected chi connectivity index (χ2v) is 8.05. The summed E-state index contributed by atoms with van der Waals surface area (Å²) in [4.78, 5) is 28.9. The van der Waals surface area contributed by atoms with E-state index in [9.17, 15) is 18.4 Å². The molecule has 29 heavy (non-hydrogen) atoms. The number of anilines is 2. The highest BCUT2D eigenvalue weighted by molar-refractivity contribution is 7.80. The molecule has 8 heteroatoms. The number of likely N-dealkylation sites (tertiary alicyclic amines) is 1. The van der Waals surface area contributed by atoms with Gasteiger partial charge in [0.2, 0.25) is 0 Å². The molecule has 2 amide bonds. The summed E-state index contributed by atoms with van der Waals surface area (Å²) in [6.45, 7) is 1.06. The molecule has 0 saturated carbocycles. The van der Waals surface area contributed by atoms with Gasteiger partial charge in [0.25, 0.3) is 0 Å². The average molecular weight is 415 g/mol. The number of ketones is 1. The van der Waals surface area contributed by atoms with Crippen LogP contribution in [-0.4, -0.2) is 52.7 Å². The zero-order chi connectivity index (χ0) is 21.0. The van der Waals surface area contributed by atoms with Crippen LogP contribution >= 0.6 is 0 Å². The van der Waals surface area contributed by atoms with Crippen molar-refractivity contribution in [3.8, 4) is 0 Å². The van der Waals surface area contributed by atoms with Crippen LogP contribution in [0, 0.1) is 5.92 Å². The monoisotopic (exact) mass is 414 g/mol. The molecule has 2 aromatic rings. The van der Waals surface area contributed by atoms with E-state index in [4.69, 9.17) is 0 Å². The van der Waals surface area contributed by atoms with Gasteiger partial charge in [-0.15, -0.1) is 0 Å². The fourth-order valence-corrected chi connectivity index (χ4v) is 3.76. The summed E-state index contributed by atoms with van der Waals surface area (Å²) in [6.07, 6.45) is 1.22. The SMILES string of the molecule is CN(C(=O)N1CCC(C(=O)c2ccc(N(C)S(=O)[O-])cc2)CC1)c1ccccc1. The fourth-order valence-electron chi connectivity index (χ4n) is 3.46. The zero-order valence-corrected chi connectivity index (χ0v) is 17.3. The summed E-state index contributed by atoms with van der Waals surface area (Å²) in [5, 5.41) is 0. The van der Waals surface area contributed by atoms with Crippen molar-refractivity contribution in [1.29, 1.82) is 0 Å². The molecule has 1 atom stereocenters. The van der Waals surface area contributed by atoms with Gasteiger partial charge in [-0.3, -0.25) is 13.9 Å². The van der Waals surface area contributed by atoms with Crippen LogP contribution in [-0.2, 0) is 11.3 Å². The van der Waals surface area contributed by atoms with Crippen LogP contribution in [0.5, 0.6) is 0 Å². The van der Waals surface area contributed by atoms with Crippen LogP contribution < -0.4 is 9.21 Å². The molecule has 1 aliphatic rings. The van der Waals surface area contributed by atoms with Crippen molar-refractivity contribution in [2.45, 2.75) is 12.8 Å². The lowest BCUT2D eigenvalue weighted by Gasteiger charge is -2.34. The number of piperidine rings is 1. The summed E-state index contributed by atoms with van der Waals surface area (Å²) < 4.78 is 23.1. The Kier molecular flexibility index (Phi) is 6.66. The van der Waals surface area contributed by atoms with E-state index in [1.165, 1.54) is 7.05 Å². The quantitative estimate of drug-likeness (QED) is 0.556. The van der Waals surface area contributed by atoms with Crippen molar-refractivity contribution >= 4 is 34.5 Å². The van der Waals surface area contributed by atoms with Gasteiger partial charge in [0.15, 0.2) is 5.78 Å². The number of nitrogens with zero attached hydrogens (tertiary/aromatic N) is 3. The first-order chi connectivity index (χ1) is 13.9. The number of hydrogen-bond donors (Lipinski definition) is 0. The molecule has 154 valence electrons. The highest BCUT2D eigenvalue weighted by Gasteiger charge is 2.29. The normalized spacial score (nSPS) is 15.6. The summed E-state index contributed by atoms with van der Waals surface area (Å²) in [5.74, 6) is -0.107. The van der Waals surface area contributed by atoms with Crippen LogP contribution in [0.1, 0.15) is 23.2 Å².